The van der Waals surface area contributed by atoms with E-state index in [4.69, 9.17) is 87.5 Å². The van der Waals surface area contributed by atoms with Gasteiger partial charge in [0.2, 0.25) is 6.79 Å². The zero-order chi connectivity index (χ0) is 63.0. The Morgan fingerprint density at radius 2 is 0.931 bits per heavy atom. The molecule has 446 valence electrons. The number of aromatic hydroxyl groups is 1. The number of fused-ring (bicyclic) bond motifs is 1. The van der Waals surface area contributed by atoms with Crippen LogP contribution in [0.3, 0.4) is 0 Å². The van der Waals surface area contributed by atoms with Crippen molar-refractivity contribution in [1.29, 1.82) is 0 Å². The van der Waals surface area contributed by atoms with Crippen molar-refractivity contribution < 1.29 is 101 Å². The van der Waals surface area contributed by atoms with E-state index in [9.17, 15) is 0 Å². The molecule has 0 spiro atoms. The van der Waals surface area contributed by atoms with Crippen LogP contribution in [0, 0.1) is 13.8 Å². The molecule has 1 fully saturated rings. The molecule has 2 aromatic heterocycles. The highest BCUT2D eigenvalue weighted by molar-refractivity contribution is 6.19. The summed E-state index contributed by atoms with van der Waals surface area (Å²) in [5, 5.41) is 75.0. The number of para-hydroxylation sites is 1. The van der Waals surface area contributed by atoms with Gasteiger partial charge in [0.1, 0.15) is 57.5 Å². The van der Waals surface area contributed by atoms with Crippen molar-refractivity contribution in [2.75, 3.05) is 40.2 Å². The Morgan fingerprint density at radius 1 is 0.437 bits per heavy atom. The number of hydrogen-bond acceptors (Lipinski definition) is 24. The summed E-state index contributed by atoms with van der Waals surface area (Å²) in [7, 11) is 6.73. The smallest absolute Gasteiger partial charge is 0.537 e. The van der Waals surface area contributed by atoms with E-state index < -0.39 is 0 Å². The summed E-state index contributed by atoms with van der Waals surface area (Å²) >= 11 is 0. The number of nitrogens with zero attached hydrogens (tertiary/aromatic N) is 3. The first-order valence-electron chi connectivity index (χ1n) is 25.7. The van der Waals surface area contributed by atoms with E-state index in [0.717, 1.165) is 44.0 Å². The minimum Gasteiger partial charge on any atom is -0.537 e. The zero-order valence-corrected chi connectivity index (χ0v) is 47.5. The fraction of sp³-hybridized carbons (Fsp3) is 0.164. The van der Waals surface area contributed by atoms with Crippen LogP contribution in [-0.4, -0.2) is 162 Å². The van der Waals surface area contributed by atoms with E-state index in [0.29, 0.717) is 125 Å². The maximum Gasteiger partial charge on any atom is 0.569 e. The van der Waals surface area contributed by atoms with E-state index in [2.05, 4.69) is 34.9 Å². The molecule has 0 aliphatic carbocycles. The minimum absolute atomic E-state index is 0.172. The van der Waals surface area contributed by atoms with Gasteiger partial charge in [-0.1, -0.05) is 48.5 Å². The lowest BCUT2D eigenvalue weighted by Crippen LogP contribution is -2.35. The Kier molecular flexibility index (Phi) is 38.9. The van der Waals surface area contributed by atoms with Crippen LogP contribution in [0.2, 0.25) is 0 Å². The van der Waals surface area contributed by atoms with Crippen molar-refractivity contribution in [3.8, 4) is 69.0 Å². The quantitative estimate of drug-likeness (QED) is 0.0524. The van der Waals surface area contributed by atoms with Gasteiger partial charge in [-0.2, -0.15) is 0 Å². The average Bonchev–Trinajstić information content (AvgIpc) is 4.29. The van der Waals surface area contributed by atoms with Gasteiger partial charge in [-0.25, -0.2) is 0 Å². The van der Waals surface area contributed by atoms with Gasteiger partial charge in [0.05, 0.1) is 26.5 Å². The lowest BCUT2D eigenvalue weighted by Gasteiger charge is -2.26. The van der Waals surface area contributed by atoms with Gasteiger partial charge < -0.3 is 101 Å². The third-order valence-corrected chi connectivity index (χ3v) is 10.5. The number of benzene rings is 6. The van der Waals surface area contributed by atoms with Crippen molar-refractivity contribution in [3.63, 3.8) is 0 Å². The second kappa shape index (κ2) is 46.6. The van der Waals surface area contributed by atoms with E-state index in [-0.39, 0.29) is 12.5 Å². The third kappa shape index (κ3) is 33.0. The topological polar surface area (TPSA) is 322 Å². The van der Waals surface area contributed by atoms with Crippen molar-refractivity contribution in [3.05, 3.63) is 205 Å². The molecule has 8 radical (unpaired) electrons. The molecule has 0 saturated carbocycles. The van der Waals surface area contributed by atoms with Crippen LogP contribution in [0.1, 0.15) is 16.7 Å². The Balaban J connectivity index is 0.000000262. The lowest BCUT2D eigenvalue weighted by molar-refractivity contribution is 0.0342. The van der Waals surface area contributed by atoms with Gasteiger partial charge in [0.15, 0.2) is 11.5 Å². The number of aromatic nitrogens is 2. The maximum atomic E-state index is 8.80. The molecule has 10 rings (SSSR count). The van der Waals surface area contributed by atoms with Crippen LogP contribution in [0.4, 0.5) is 0 Å². The van der Waals surface area contributed by atoms with Crippen LogP contribution >= 0.6 is 0 Å². The fourth-order valence-corrected chi connectivity index (χ4v) is 6.58. The minimum atomic E-state index is 0.172. The van der Waals surface area contributed by atoms with Gasteiger partial charge in [-0.05, 0) is 134 Å². The van der Waals surface area contributed by atoms with Gasteiger partial charge in [0, 0.05) is 50.4 Å². The first kappa shape index (κ1) is 72.6. The SMILES string of the molecule is COc1cccc(O[B]O)c1.Cc1cccc(O[B]O)c1.Cc1ccccc1O[B]O.O[B]Oc1ccc(O)cc1.O[B]Oc1ccc2c(c1)OCO2.O[B]Oc1cccc(CN2CCOCC2)c1.O[B]Oc1cccnc1.O[B]Oc1ccncc1. The predicted octanol–water partition coefficient (Wildman–Crippen LogP) is 3.42. The highest BCUT2D eigenvalue weighted by atomic mass is 16.7. The van der Waals surface area contributed by atoms with Crippen LogP contribution < -0.4 is 51.4 Å². The molecule has 87 heavy (non-hydrogen) atoms. The molecule has 24 nitrogen and oxygen atoms in total. The Bertz CT molecular complexity index is 2960. The number of pyridine rings is 2. The van der Waals surface area contributed by atoms with E-state index >= 15 is 0 Å². The van der Waals surface area contributed by atoms with Crippen molar-refractivity contribution in [2.24, 2.45) is 0 Å². The summed E-state index contributed by atoms with van der Waals surface area (Å²) in [4.78, 5) is 9.84. The number of phenols is 1. The number of aryl methyl sites for hydroxylation is 2. The molecule has 8 aromatic rings. The van der Waals surface area contributed by atoms with E-state index in [1.165, 1.54) is 23.9 Å². The molecule has 4 heterocycles. The molecule has 0 atom stereocenters. The van der Waals surface area contributed by atoms with Crippen molar-refractivity contribution >= 4 is 61.5 Å². The number of hydrogen-bond donors (Lipinski definition) is 9. The molecular weight excluding hydrogens is 1130 g/mol. The van der Waals surface area contributed by atoms with Gasteiger partial charge in [-0.15, -0.1) is 0 Å². The standard InChI is InChI=1S/C11H15BNO3.C7H6BO4.C7H8BO3.2C7H8BO2.C6H6BO3.2C5H5BNO2/c14-12-16-11-3-1-2-10(8-11)9-13-4-6-15-7-5-13;9-8-12-5-1-2-6-7(3-5)11-4-10-6;1-10-6-3-2-4-7(5-6)11-8-9;1-6-3-2-4-7(5-6)10-8-9;1-6-4-2-3-5-7(6)10-8-9;8-5-1-3-6(4-2-5)10-7-9;8-6-9-5-1-3-7-4-2-5;8-6-9-5-2-1-3-7-4-5/h1-3,8,14H,4-7,9H2;1-3,9H,4H2;2-5,9H,1H3;2*2-5,9H,1H3;1-4,8-9H;2*1-4,8H. The first-order valence-corrected chi connectivity index (χ1v) is 25.7. The Hall–Kier alpha value is -8.66. The number of rotatable bonds is 19. The Labute approximate surface area is 510 Å². The largest absolute Gasteiger partial charge is 0.569 e. The third-order valence-electron chi connectivity index (χ3n) is 10.5. The highest BCUT2D eigenvalue weighted by Crippen LogP contribution is 2.35. The van der Waals surface area contributed by atoms with E-state index in [1.54, 1.807) is 117 Å². The van der Waals surface area contributed by atoms with Crippen molar-refractivity contribution in [2.45, 2.75) is 20.4 Å². The number of methoxy groups -OCH3 is 1. The molecule has 0 bridgehead atoms. The molecule has 2 aliphatic rings. The summed E-state index contributed by atoms with van der Waals surface area (Å²) in [6, 6.07) is 47.4. The highest BCUT2D eigenvalue weighted by Gasteiger charge is 2.14. The summed E-state index contributed by atoms with van der Waals surface area (Å²) in [5.74, 6) is 6.85. The molecule has 2 aliphatic heterocycles. The summed E-state index contributed by atoms with van der Waals surface area (Å²) in [6.45, 7) is 8.56. The normalized spacial score (nSPS) is 10.9. The summed E-state index contributed by atoms with van der Waals surface area (Å²) in [5.41, 5.74) is 3.30. The molecule has 1 saturated heterocycles. The van der Waals surface area contributed by atoms with Crippen LogP contribution in [0.25, 0.3) is 0 Å². The predicted molar refractivity (Wildman–Crippen MR) is 326 cm³/mol. The van der Waals surface area contributed by atoms with Crippen LogP contribution in [0.5, 0.6) is 69.0 Å². The van der Waals surface area contributed by atoms with Crippen molar-refractivity contribution in [1.82, 2.24) is 14.9 Å². The second-order valence-corrected chi connectivity index (χ2v) is 16.5. The number of ether oxygens (including phenoxy) is 4. The lowest BCUT2D eigenvalue weighted by atomic mass is 10.2. The molecule has 0 unspecified atom stereocenters. The molecule has 32 heteroatoms. The molecule has 9 N–H and O–H groups in total. The monoisotopic (exact) mass is 1190 g/mol. The number of morpholine rings is 1. The van der Waals surface area contributed by atoms with Gasteiger partial charge >= 0.3 is 61.5 Å². The molecule has 0 amide bonds. The first-order chi connectivity index (χ1) is 42.5. The fourth-order valence-electron chi connectivity index (χ4n) is 6.58. The van der Waals surface area contributed by atoms with Gasteiger partial charge in [0.25, 0.3) is 0 Å². The second-order valence-electron chi connectivity index (χ2n) is 16.5. The summed E-state index contributed by atoms with van der Waals surface area (Å²) in [6.07, 6.45) is 6.30. The zero-order valence-electron chi connectivity index (χ0n) is 47.5. The Morgan fingerprint density at radius 3 is 1.51 bits per heavy atom. The van der Waals surface area contributed by atoms with E-state index in [1.807, 2.05) is 68.4 Å². The number of phenolic OH excluding ortho intramolecular Hbond substituents is 1. The van der Waals surface area contributed by atoms with Crippen LogP contribution in [-0.2, 0) is 11.3 Å². The molecular formula is C55H61B8N3O21. The maximum absolute atomic E-state index is 8.80. The van der Waals surface area contributed by atoms with Gasteiger partial charge in [-0.3, -0.25) is 14.9 Å². The van der Waals surface area contributed by atoms with Crippen LogP contribution in [0.15, 0.2) is 189 Å². The average molecular weight is 1190 g/mol. The molecule has 6 aromatic carbocycles. The summed E-state index contributed by atoms with van der Waals surface area (Å²) < 4.78 is 58.0.